The summed E-state index contributed by atoms with van der Waals surface area (Å²) in [6, 6.07) is -0.566. The van der Waals surface area contributed by atoms with Gasteiger partial charge in [-0.05, 0) is 27.8 Å². The molecule has 0 aliphatic carbocycles. The summed E-state index contributed by atoms with van der Waals surface area (Å²) < 4.78 is 6.46. The molecule has 0 saturated heterocycles. The Labute approximate surface area is 95.0 Å². The zero-order valence-corrected chi connectivity index (χ0v) is 10.3. The number of nitrogens with zero attached hydrogens (tertiary/aromatic N) is 3. The smallest absolute Gasteiger partial charge is 0.325 e. The maximum Gasteiger partial charge on any atom is 0.325 e. The lowest BCUT2D eigenvalue weighted by atomic mass is 10.1. The molecule has 0 fully saturated rings. The van der Waals surface area contributed by atoms with Crippen LogP contribution in [0.4, 0.5) is 0 Å². The van der Waals surface area contributed by atoms with Gasteiger partial charge < -0.3 is 10.1 Å². The third kappa shape index (κ3) is 2.38. The van der Waals surface area contributed by atoms with Gasteiger partial charge in [0.2, 0.25) is 0 Å². The number of carbonyl (C=O) groups excluding carboxylic acids is 1. The fourth-order valence-electron chi connectivity index (χ4n) is 1.75. The molecule has 16 heavy (non-hydrogen) atoms. The quantitative estimate of drug-likeness (QED) is 0.744. The number of nitrogens with one attached hydrogen (secondary N) is 1. The van der Waals surface area contributed by atoms with Gasteiger partial charge in [0, 0.05) is 0 Å². The SMILES string of the molecule is CNC(C(=O)OC)C(C)n1nc(C)nc1C. The van der Waals surface area contributed by atoms with Crippen molar-refractivity contribution >= 4 is 5.97 Å². The minimum atomic E-state index is -0.426. The molecule has 0 aliphatic rings. The maximum absolute atomic E-state index is 11.5. The fourth-order valence-corrected chi connectivity index (χ4v) is 1.75. The molecule has 0 aliphatic heterocycles. The zero-order valence-electron chi connectivity index (χ0n) is 10.3. The highest BCUT2D eigenvalue weighted by molar-refractivity contribution is 5.76. The number of methoxy groups -OCH3 is 1. The van der Waals surface area contributed by atoms with Gasteiger partial charge in [0.1, 0.15) is 17.7 Å². The van der Waals surface area contributed by atoms with Crippen LogP contribution in [0.15, 0.2) is 0 Å². The second-order valence-corrected chi connectivity index (χ2v) is 3.68. The highest BCUT2D eigenvalue weighted by Gasteiger charge is 2.27. The molecule has 1 aromatic rings. The Morgan fingerprint density at radius 1 is 1.50 bits per heavy atom. The van der Waals surface area contributed by atoms with Gasteiger partial charge >= 0.3 is 5.97 Å². The molecule has 6 heteroatoms. The Morgan fingerprint density at radius 3 is 2.50 bits per heavy atom. The van der Waals surface area contributed by atoms with Gasteiger partial charge in [-0.2, -0.15) is 5.10 Å². The van der Waals surface area contributed by atoms with Gasteiger partial charge in [0.25, 0.3) is 0 Å². The van der Waals surface area contributed by atoms with E-state index in [0.717, 1.165) is 5.82 Å². The van der Waals surface area contributed by atoms with Crippen molar-refractivity contribution in [3.63, 3.8) is 0 Å². The Bertz CT molecular complexity index is 375. The first-order chi connectivity index (χ1) is 7.51. The van der Waals surface area contributed by atoms with E-state index in [1.54, 1.807) is 11.7 Å². The zero-order chi connectivity index (χ0) is 12.3. The lowest BCUT2D eigenvalue weighted by Gasteiger charge is -2.21. The van der Waals surface area contributed by atoms with Crippen LogP contribution in [-0.2, 0) is 9.53 Å². The second-order valence-electron chi connectivity index (χ2n) is 3.68. The molecule has 1 heterocycles. The largest absolute Gasteiger partial charge is 0.468 e. The average molecular weight is 226 g/mol. The summed E-state index contributed by atoms with van der Waals surface area (Å²) in [5.74, 6) is 1.18. The molecule has 0 spiro atoms. The van der Waals surface area contributed by atoms with E-state index in [4.69, 9.17) is 4.74 Å². The van der Waals surface area contributed by atoms with Gasteiger partial charge in [0.05, 0.1) is 13.2 Å². The Morgan fingerprint density at radius 2 is 2.12 bits per heavy atom. The van der Waals surface area contributed by atoms with E-state index in [-0.39, 0.29) is 12.0 Å². The minimum Gasteiger partial charge on any atom is -0.468 e. The van der Waals surface area contributed by atoms with Crippen LogP contribution in [0.3, 0.4) is 0 Å². The molecule has 1 N–H and O–H groups in total. The third-order valence-electron chi connectivity index (χ3n) is 2.54. The van der Waals surface area contributed by atoms with Crippen molar-refractivity contribution in [1.82, 2.24) is 20.1 Å². The van der Waals surface area contributed by atoms with Crippen LogP contribution < -0.4 is 5.32 Å². The third-order valence-corrected chi connectivity index (χ3v) is 2.54. The summed E-state index contributed by atoms with van der Waals surface area (Å²) >= 11 is 0. The Kier molecular flexibility index (Phi) is 4.00. The first-order valence-electron chi connectivity index (χ1n) is 5.16. The van der Waals surface area contributed by atoms with Gasteiger partial charge in [-0.15, -0.1) is 0 Å². The van der Waals surface area contributed by atoms with Crippen molar-refractivity contribution in [2.45, 2.75) is 32.9 Å². The lowest BCUT2D eigenvalue weighted by molar-refractivity contribution is -0.144. The van der Waals surface area contributed by atoms with E-state index in [9.17, 15) is 4.79 Å². The van der Waals surface area contributed by atoms with Crippen LogP contribution in [-0.4, -0.2) is 40.9 Å². The van der Waals surface area contributed by atoms with E-state index >= 15 is 0 Å². The standard InChI is InChI=1S/C10H18N4O2/c1-6(9(11-4)10(15)16-5)14-8(3)12-7(2)13-14/h6,9,11H,1-5H3. The van der Waals surface area contributed by atoms with E-state index < -0.39 is 6.04 Å². The number of carbonyl (C=O) groups is 1. The molecule has 90 valence electrons. The number of rotatable bonds is 4. The van der Waals surface area contributed by atoms with E-state index in [1.807, 2.05) is 20.8 Å². The summed E-state index contributed by atoms with van der Waals surface area (Å²) in [6.45, 7) is 5.59. The predicted octanol–water partition coefficient (Wildman–Crippen LogP) is 0.217. The molecule has 2 atom stereocenters. The van der Waals surface area contributed by atoms with Crippen LogP contribution in [0.1, 0.15) is 24.6 Å². The minimum absolute atomic E-state index is 0.140. The number of aromatic nitrogens is 3. The van der Waals surface area contributed by atoms with Crippen LogP contribution in [0, 0.1) is 13.8 Å². The molecule has 1 aromatic heterocycles. The Hall–Kier alpha value is -1.43. The molecule has 0 amide bonds. The normalized spacial score (nSPS) is 14.6. The van der Waals surface area contributed by atoms with Crippen molar-refractivity contribution in [3.8, 4) is 0 Å². The highest BCUT2D eigenvalue weighted by Crippen LogP contribution is 2.13. The summed E-state index contributed by atoms with van der Waals surface area (Å²) in [7, 11) is 3.09. The van der Waals surface area contributed by atoms with Crippen LogP contribution in [0.5, 0.6) is 0 Å². The topological polar surface area (TPSA) is 69.0 Å². The van der Waals surface area contributed by atoms with Gasteiger partial charge in [-0.1, -0.05) is 0 Å². The summed E-state index contributed by atoms with van der Waals surface area (Å²) in [5.41, 5.74) is 0. The number of likely N-dealkylation sites (N-methyl/N-ethyl adjacent to an activating group) is 1. The number of hydrogen-bond donors (Lipinski definition) is 1. The fraction of sp³-hybridized carbons (Fsp3) is 0.700. The molecule has 0 saturated carbocycles. The lowest BCUT2D eigenvalue weighted by Crippen LogP contribution is -2.42. The number of aryl methyl sites for hydroxylation is 2. The van der Waals surface area contributed by atoms with Gasteiger partial charge in [-0.25, -0.2) is 9.67 Å². The molecule has 0 radical (unpaired) electrons. The number of hydrogen-bond acceptors (Lipinski definition) is 5. The number of esters is 1. The predicted molar refractivity (Wildman–Crippen MR) is 59.1 cm³/mol. The first-order valence-corrected chi connectivity index (χ1v) is 5.16. The molecule has 0 aromatic carbocycles. The van der Waals surface area contributed by atoms with Crippen molar-refractivity contribution in [3.05, 3.63) is 11.6 Å². The van der Waals surface area contributed by atoms with Crippen LogP contribution >= 0.6 is 0 Å². The summed E-state index contributed by atoms with van der Waals surface area (Å²) in [4.78, 5) is 15.7. The van der Waals surface area contributed by atoms with Crippen molar-refractivity contribution < 1.29 is 9.53 Å². The average Bonchev–Trinajstić information content (AvgIpc) is 2.58. The summed E-state index contributed by atoms with van der Waals surface area (Å²) in [6.07, 6.45) is 0. The van der Waals surface area contributed by atoms with E-state index in [1.165, 1.54) is 7.11 Å². The van der Waals surface area contributed by atoms with Crippen molar-refractivity contribution in [1.29, 1.82) is 0 Å². The highest BCUT2D eigenvalue weighted by atomic mass is 16.5. The van der Waals surface area contributed by atoms with Gasteiger partial charge in [-0.3, -0.25) is 4.79 Å². The van der Waals surface area contributed by atoms with Crippen molar-refractivity contribution in [2.75, 3.05) is 14.2 Å². The molecule has 2 unspecified atom stereocenters. The van der Waals surface area contributed by atoms with Gasteiger partial charge in [0.15, 0.2) is 0 Å². The van der Waals surface area contributed by atoms with E-state index in [2.05, 4.69) is 15.4 Å². The van der Waals surface area contributed by atoms with E-state index in [0.29, 0.717) is 5.82 Å². The molecule has 0 bridgehead atoms. The van der Waals surface area contributed by atoms with Crippen LogP contribution in [0.25, 0.3) is 0 Å². The molecule has 6 nitrogen and oxygen atoms in total. The molecular formula is C10H18N4O2. The maximum atomic E-state index is 11.5. The Balaban J connectivity index is 2.95. The monoisotopic (exact) mass is 226 g/mol. The first kappa shape index (κ1) is 12.6. The number of ether oxygens (including phenoxy) is 1. The van der Waals surface area contributed by atoms with Crippen molar-refractivity contribution in [2.24, 2.45) is 0 Å². The second kappa shape index (κ2) is 5.07. The van der Waals surface area contributed by atoms with Crippen LogP contribution in [0.2, 0.25) is 0 Å². The summed E-state index contributed by atoms with van der Waals surface area (Å²) in [5, 5.41) is 7.18. The molecule has 1 rings (SSSR count). The molecular weight excluding hydrogens is 208 g/mol.